The van der Waals surface area contributed by atoms with E-state index in [0.717, 1.165) is 11.1 Å². The van der Waals surface area contributed by atoms with E-state index in [1.54, 1.807) is 18.2 Å². The van der Waals surface area contributed by atoms with Crippen molar-refractivity contribution in [2.75, 3.05) is 7.11 Å². The highest BCUT2D eigenvalue weighted by Crippen LogP contribution is 2.47. The molecule has 3 aromatic carbocycles. The topological polar surface area (TPSA) is 35.5 Å². The van der Waals surface area contributed by atoms with Crippen molar-refractivity contribution >= 4 is 17.4 Å². The minimum absolute atomic E-state index is 0.0622. The van der Waals surface area contributed by atoms with Crippen molar-refractivity contribution in [1.29, 1.82) is 0 Å². The van der Waals surface area contributed by atoms with Crippen LogP contribution in [0, 0.1) is 5.82 Å². The quantitative estimate of drug-likeness (QED) is 0.505. The fourth-order valence-electron chi connectivity index (χ4n) is 3.67. The zero-order chi connectivity index (χ0) is 19.8. The molecule has 5 heteroatoms. The van der Waals surface area contributed by atoms with Crippen LogP contribution >= 0.6 is 11.6 Å². The van der Waals surface area contributed by atoms with Crippen molar-refractivity contribution in [3.63, 3.8) is 0 Å². The van der Waals surface area contributed by atoms with Gasteiger partial charge < -0.3 is 9.47 Å². The van der Waals surface area contributed by atoms with Gasteiger partial charge in [-0.1, -0.05) is 41.9 Å². The molecule has 0 saturated carbocycles. The molecule has 0 fully saturated rings. The maximum Gasteiger partial charge on any atom is 0.173 e. The second-order valence-corrected chi connectivity index (χ2v) is 7.09. The maximum absolute atomic E-state index is 15.3. The minimum atomic E-state index is -0.603. The fraction of sp³-hybridized carbons (Fsp3) is 0.174. The summed E-state index contributed by atoms with van der Waals surface area (Å²) in [6.07, 6.45) is 0.339. The number of carbonyl (C=O) groups excluding carboxylic acids is 1. The van der Waals surface area contributed by atoms with E-state index in [2.05, 4.69) is 0 Å². The molecule has 0 N–H and O–H groups in total. The molecule has 1 aliphatic rings. The first kappa shape index (κ1) is 18.5. The molecule has 1 aliphatic heterocycles. The summed E-state index contributed by atoms with van der Waals surface area (Å²) in [5.74, 6) is -0.144. The predicted octanol–water partition coefficient (Wildman–Crippen LogP) is 6.03. The van der Waals surface area contributed by atoms with E-state index in [-0.39, 0.29) is 28.8 Å². The van der Waals surface area contributed by atoms with Gasteiger partial charge in [-0.05, 0) is 36.8 Å². The number of rotatable bonds is 4. The van der Waals surface area contributed by atoms with Gasteiger partial charge in [0, 0.05) is 33.7 Å². The summed E-state index contributed by atoms with van der Waals surface area (Å²) < 4.78 is 26.5. The van der Waals surface area contributed by atoms with E-state index in [9.17, 15) is 4.79 Å². The number of hydrogen-bond acceptors (Lipinski definition) is 3. The minimum Gasteiger partial charge on any atom is -0.494 e. The van der Waals surface area contributed by atoms with Crippen LogP contribution in [0.15, 0.2) is 54.6 Å². The summed E-state index contributed by atoms with van der Waals surface area (Å²) in [6, 6.07) is 16.3. The van der Waals surface area contributed by atoms with Crippen molar-refractivity contribution in [3.8, 4) is 22.6 Å². The smallest absolute Gasteiger partial charge is 0.173 e. The number of methoxy groups -OCH3 is 1. The van der Waals surface area contributed by atoms with Crippen molar-refractivity contribution in [2.24, 2.45) is 0 Å². The number of ketones is 1. The summed E-state index contributed by atoms with van der Waals surface area (Å²) in [4.78, 5) is 12.2. The van der Waals surface area contributed by atoms with Gasteiger partial charge in [-0.15, -0.1) is 0 Å². The third-order valence-electron chi connectivity index (χ3n) is 5.00. The number of halogens is 2. The van der Waals surface area contributed by atoms with Gasteiger partial charge in [0.25, 0.3) is 0 Å². The molecule has 0 aliphatic carbocycles. The molecule has 28 heavy (non-hydrogen) atoms. The van der Waals surface area contributed by atoms with Gasteiger partial charge in [0.2, 0.25) is 0 Å². The third kappa shape index (κ3) is 3.04. The molecule has 4 rings (SSSR count). The number of benzene rings is 3. The van der Waals surface area contributed by atoms with Gasteiger partial charge in [-0.2, -0.15) is 0 Å². The lowest BCUT2D eigenvalue weighted by Crippen LogP contribution is -2.04. The Bertz CT molecular complexity index is 1060. The van der Waals surface area contributed by atoms with E-state index >= 15 is 4.39 Å². The number of fused-ring (bicyclic) bond motifs is 1. The molecule has 0 spiro atoms. The average Bonchev–Trinajstić information content (AvgIpc) is 3.13. The van der Waals surface area contributed by atoms with E-state index in [4.69, 9.17) is 21.1 Å². The van der Waals surface area contributed by atoms with Gasteiger partial charge in [-0.25, -0.2) is 4.39 Å². The summed E-state index contributed by atoms with van der Waals surface area (Å²) in [7, 11) is 1.39. The van der Waals surface area contributed by atoms with E-state index in [0.29, 0.717) is 22.8 Å². The van der Waals surface area contributed by atoms with E-state index in [1.165, 1.54) is 20.1 Å². The van der Waals surface area contributed by atoms with E-state index < -0.39 is 5.82 Å². The molecule has 0 radical (unpaired) electrons. The number of Topliss-reactive ketones (excluding diaryl/α,β-unsaturated/α-hetero) is 1. The Morgan fingerprint density at radius 2 is 1.86 bits per heavy atom. The highest BCUT2D eigenvalue weighted by atomic mass is 35.5. The fourth-order valence-corrected chi connectivity index (χ4v) is 3.94. The summed E-state index contributed by atoms with van der Waals surface area (Å²) in [6.45, 7) is 1.41. The second-order valence-electron chi connectivity index (χ2n) is 6.68. The van der Waals surface area contributed by atoms with Gasteiger partial charge >= 0.3 is 0 Å². The summed E-state index contributed by atoms with van der Waals surface area (Å²) in [5, 5.41) is 0.366. The van der Waals surface area contributed by atoms with Crippen LogP contribution < -0.4 is 9.47 Å². The van der Waals surface area contributed by atoms with Crippen LogP contribution in [0.3, 0.4) is 0 Å². The van der Waals surface area contributed by atoms with Crippen LogP contribution in [0.2, 0.25) is 5.02 Å². The Morgan fingerprint density at radius 1 is 1.11 bits per heavy atom. The van der Waals surface area contributed by atoms with E-state index in [1.807, 2.05) is 30.3 Å². The van der Waals surface area contributed by atoms with Crippen LogP contribution in [0.4, 0.5) is 4.39 Å². The molecule has 1 atom stereocenters. The van der Waals surface area contributed by atoms with Gasteiger partial charge in [-0.3, -0.25) is 4.79 Å². The van der Waals surface area contributed by atoms with Crippen molar-refractivity contribution in [3.05, 3.63) is 82.1 Å². The van der Waals surface area contributed by atoms with Gasteiger partial charge in [0.05, 0.1) is 7.11 Å². The zero-order valence-corrected chi connectivity index (χ0v) is 16.2. The van der Waals surface area contributed by atoms with Gasteiger partial charge in [0.1, 0.15) is 11.9 Å². The molecule has 0 aromatic heterocycles. The first-order valence-corrected chi connectivity index (χ1v) is 9.29. The predicted molar refractivity (Wildman–Crippen MR) is 107 cm³/mol. The standard InChI is InChI=1S/C23H18ClFO3/c1-13(26)15-8-10-19(27-2)23(25)22(15)21-16-12-20(14-6-4-3-5-7-14)28-18(16)11-9-17(21)24/h3-11,20H,12H2,1-2H3. The zero-order valence-electron chi connectivity index (χ0n) is 15.5. The van der Waals surface area contributed by atoms with Gasteiger partial charge in [0.15, 0.2) is 17.3 Å². The Balaban J connectivity index is 1.91. The van der Waals surface area contributed by atoms with Crippen molar-refractivity contribution in [2.45, 2.75) is 19.4 Å². The maximum atomic E-state index is 15.3. The number of ether oxygens (including phenoxy) is 2. The Labute approximate surface area is 167 Å². The monoisotopic (exact) mass is 396 g/mol. The molecule has 3 nitrogen and oxygen atoms in total. The lowest BCUT2D eigenvalue weighted by Gasteiger charge is -2.16. The highest BCUT2D eigenvalue weighted by molar-refractivity contribution is 6.34. The molecule has 1 heterocycles. The van der Waals surface area contributed by atoms with Crippen LogP contribution in [0.1, 0.15) is 34.5 Å². The Kier molecular flexibility index (Phi) is 4.82. The normalized spacial score (nSPS) is 15.1. The van der Waals surface area contributed by atoms with Crippen molar-refractivity contribution < 1.29 is 18.7 Å². The first-order valence-electron chi connectivity index (χ1n) is 8.92. The SMILES string of the molecule is COc1ccc(C(C)=O)c(-c2c(Cl)ccc3c2CC(c2ccccc2)O3)c1F. The lowest BCUT2D eigenvalue weighted by atomic mass is 9.90. The Morgan fingerprint density at radius 3 is 2.54 bits per heavy atom. The largest absolute Gasteiger partial charge is 0.494 e. The molecule has 142 valence electrons. The molecule has 1 unspecified atom stereocenters. The summed E-state index contributed by atoms with van der Waals surface area (Å²) in [5.41, 5.74) is 2.72. The average molecular weight is 397 g/mol. The third-order valence-corrected chi connectivity index (χ3v) is 5.32. The second kappa shape index (κ2) is 7.28. The highest BCUT2D eigenvalue weighted by Gasteiger charge is 2.31. The molecular weight excluding hydrogens is 379 g/mol. The molecule has 0 bridgehead atoms. The Hall–Kier alpha value is -2.85. The molecule has 0 saturated heterocycles. The lowest BCUT2D eigenvalue weighted by molar-refractivity contribution is 0.101. The number of carbonyl (C=O) groups is 1. The molecule has 0 amide bonds. The van der Waals surface area contributed by atoms with Crippen LogP contribution in [-0.4, -0.2) is 12.9 Å². The number of hydrogen-bond donors (Lipinski definition) is 0. The summed E-state index contributed by atoms with van der Waals surface area (Å²) >= 11 is 6.51. The molecule has 3 aromatic rings. The first-order chi connectivity index (χ1) is 13.5. The van der Waals surface area contributed by atoms with Crippen LogP contribution in [0.25, 0.3) is 11.1 Å². The van der Waals surface area contributed by atoms with Crippen molar-refractivity contribution in [1.82, 2.24) is 0 Å². The van der Waals surface area contributed by atoms with Crippen LogP contribution in [0.5, 0.6) is 11.5 Å². The van der Waals surface area contributed by atoms with Crippen LogP contribution in [-0.2, 0) is 6.42 Å². The molecular formula is C23H18ClFO3.